The number of hydrogen-bond donors (Lipinski definition) is 2. The van der Waals surface area contributed by atoms with Crippen molar-refractivity contribution in [2.75, 3.05) is 13.1 Å². The summed E-state index contributed by atoms with van der Waals surface area (Å²) < 4.78 is 0. The highest BCUT2D eigenvalue weighted by molar-refractivity contribution is 5.77. The summed E-state index contributed by atoms with van der Waals surface area (Å²) >= 11 is 0. The highest BCUT2D eigenvalue weighted by Gasteiger charge is 2.01. The molecule has 0 aliphatic rings. The van der Waals surface area contributed by atoms with Gasteiger partial charge in [-0.1, -0.05) is 52.9 Å². The molecule has 2 N–H and O–H groups in total. The van der Waals surface area contributed by atoms with Gasteiger partial charge in [-0.15, -0.1) is 0 Å². The smallest absolute Gasteiger partial charge is 0.219 e. The predicted octanol–water partition coefficient (Wildman–Crippen LogP) is 4.37. The molecule has 4 nitrogen and oxygen atoms in total. The van der Waals surface area contributed by atoms with Crippen LogP contribution in [-0.4, -0.2) is 30.8 Å². The summed E-state index contributed by atoms with van der Waals surface area (Å²) in [6.45, 7) is 8.02. The Labute approximate surface area is 149 Å². The fourth-order valence-electron chi connectivity index (χ4n) is 2.63. The summed E-state index contributed by atoms with van der Waals surface area (Å²) in [5.41, 5.74) is 0. The molecule has 0 aromatic rings. The Kier molecular flexibility index (Phi) is 16.3. The second-order valence-electron chi connectivity index (χ2n) is 7.03. The standard InChI is InChI=1S/C20H40N2O2/c1-4-19(23)14-10-8-6-5-7-9-12-17-22-20(24)15-11-13-16-21-18(2)3/h18,21H,4-17H2,1-3H3,(H,22,24). The lowest BCUT2D eigenvalue weighted by atomic mass is 10.1. The van der Waals surface area contributed by atoms with Gasteiger partial charge in [0.1, 0.15) is 5.78 Å². The summed E-state index contributed by atoms with van der Waals surface area (Å²) in [6.07, 6.45) is 12.3. The molecule has 0 radical (unpaired) electrons. The van der Waals surface area contributed by atoms with Crippen molar-refractivity contribution in [1.29, 1.82) is 0 Å². The Morgan fingerprint density at radius 2 is 1.29 bits per heavy atom. The van der Waals surface area contributed by atoms with Gasteiger partial charge < -0.3 is 10.6 Å². The van der Waals surface area contributed by atoms with Crippen LogP contribution >= 0.6 is 0 Å². The van der Waals surface area contributed by atoms with Gasteiger partial charge in [0.2, 0.25) is 5.91 Å². The molecule has 0 fully saturated rings. The second kappa shape index (κ2) is 16.9. The summed E-state index contributed by atoms with van der Waals surface area (Å²) in [5.74, 6) is 0.585. The van der Waals surface area contributed by atoms with Gasteiger partial charge in [0.05, 0.1) is 0 Å². The molecule has 0 heterocycles. The second-order valence-corrected chi connectivity index (χ2v) is 7.03. The number of amides is 1. The predicted molar refractivity (Wildman–Crippen MR) is 102 cm³/mol. The first-order valence-corrected chi connectivity index (χ1v) is 10.1. The fraction of sp³-hybridized carbons (Fsp3) is 0.900. The molecular weight excluding hydrogens is 300 g/mol. The molecule has 0 aromatic carbocycles. The lowest BCUT2D eigenvalue weighted by molar-refractivity contribution is -0.121. The Balaban J connectivity index is 3.20. The molecule has 0 aliphatic heterocycles. The molecule has 1 amide bonds. The van der Waals surface area contributed by atoms with E-state index in [1.165, 1.54) is 32.1 Å². The Morgan fingerprint density at radius 1 is 0.750 bits per heavy atom. The maximum atomic E-state index is 11.7. The molecule has 0 spiro atoms. The van der Waals surface area contributed by atoms with Crippen molar-refractivity contribution in [1.82, 2.24) is 10.6 Å². The molecule has 4 heteroatoms. The average molecular weight is 341 g/mol. The van der Waals surface area contributed by atoms with Crippen molar-refractivity contribution >= 4 is 11.7 Å². The number of nitrogens with one attached hydrogen (secondary N) is 2. The van der Waals surface area contributed by atoms with Gasteiger partial charge in [-0.3, -0.25) is 9.59 Å². The van der Waals surface area contributed by atoms with E-state index in [1.807, 2.05) is 6.92 Å². The van der Waals surface area contributed by atoms with Crippen molar-refractivity contribution in [3.8, 4) is 0 Å². The highest BCUT2D eigenvalue weighted by Crippen LogP contribution is 2.09. The topological polar surface area (TPSA) is 58.2 Å². The van der Waals surface area contributed by atoms with Crippen LogP contribution in [0.2, 0.25) is 0 Å². The number of ketones is 1. The Bertz CT molecular complexity index is 317. The van der Waals surface area contributed by atoms with Crippen molar-refractivity contribution < 1.29 is 9.59 Å². The minimum Gasteiger partial charge on any atom is -0.356 e. The Morgan fingerprint density at radius 3 is 1.92 bits per heavy atom. The van der Waals surface area contributed by atoms with Crippen molar-refractivity contribution in [2.24, 2.45) is 0 Å². The van der Waals surface area contributed by atoms with Crippen LogP contribution in [0, 0.1) is 0 Å². The van der Waals surface area contributed by atoms with E-state index >= 15 is 0 Å². The first-order valence-electron chi connectivity index (χ1n) is 10.1. The van der Waals surface area contributed by atoms with Gasteiger partial charge in [0, 0.05) is 31.8 Å². The highest BCUT2D eigenvalue weighted by atomic mass is 16.1. The lowest BCUT2D eigenvalue weighted by Gasteiger charge is -2.08. The van der Waals surface area contributed by atoms with Crippen molar-refractivity contribution in [3.05, 3.63) is 0 Å². The number of unbranched alkanes of at least 4 members (excludes halogenated alkanes) is 7. The van der Waals surface area contributed by atoms with Crippen LogP contribution in [0.5, 0.6) is 0 Å². The molecule has 0 saturated carbocycles. The average Bonchev–Trinajstić information content (AvgIpc) is 2.55. The van der Waals surface area contributed by atoms with E-state index in [0.717, 1.165) is 45.2 Å². The van der Waals surface area contributed by atoms with Crippen LogP contribution in [0.25, 0.3) is 0 Å². The van der Waals surface area contributed by atoms with Gasteiger partial charge in [-0.05, 0) is 32.2 Å². The number of carbonyl (C=O) groups excluding carboxylic acids is 2. The monoisotopic (exact) mass is 340 g/mol. The largest absolute Gasteiger partial charge is 0.356 e. The van der Waals surface area contributed by atoms with Gasteiger partial charge in [0.15, 0.2) is 0 Å². The normalized spacial score (nSPS) is 11.0. The summed E-state index contributed by atoms with van der Waals surface area (Å²) in [5, 5.41) is 6.38. The number of Topliss-reactive ketones (excluding diaryl/α,β-unsaturated/α-hetero) is 1. The molecule has 0 rings (SSSR count). The first-order chi connectivity index (χ1) is 11.6. The van der Waals surface area contributed by atoms with E-state index in [0.29, 0.717) is 24.7 Å². The molecule has 24 heavy (non-hydrogen) atoms. The molecule has 0 saturated heterocycles. The van der Waals surface area contributed by atoms with Crippen LogP contribution < -0.4 is 10.6 Å². The van der Waals surface area contributed by atoms with Crippen molar-refractivity contribution in [2.45, 2.75) is 104 Å². The van der Waals surface area contributed by atoms with E-state index < -0.39 is 0 Å². The Hall–Kier alpha value is -0.900. The fourth-order valence-corrected chi connectivity index (χ4v) is 2.63. The molecule has 0 aliphatic carbocycles. The summed E-state index contributed by atoms with van der Waals surface area (Å²) in [7, 11) is 0. The summed E-state index contributed by atoms with van der Waals surface area (Å²) in [4.78, 5) is 22.8. The third-order valence-corrected chi connectivity index (χ3v) is 4.23. The SMILES string of the molecule is CCC(=O)CCCCCCCCCNC(=O)CCCCNC(C)C. The molecule has 0 atom stereocenters. The van der Waals surface area contributed by atoms with E-state index in [1.54, 1.807) is 0 Å². The van der Waals surface area contributed by atoms with Crippen LogP contribution in [0.4, 0.5) is 0 Å². The molecule has 0 unspecified atom stereocenters. The van der Waals surface area contributed by atoms with Crippen LogP contribution in [0.15, 0.2) is 0 Å². The van der Waals surface area contributed by atoms with Crippen LogP contribution in [0.1, 0.15) is 97.8 Å². The van der Waals surface area contributed by atoms with E-state index in [9.17, 15) is 9.59 Å². The van der Waals surface area contributed by atoms with E-state index in [-0.39, 0.29) is 5.91 Å². The van der Waals surface area contributed by atoms with Crippen LogP contribution in [0.3, 0.4) is 0 Å². The van der Waals surface area contributed by atoms with Gasteiger partial charge >= 0.3 is 0 Å². The third kappa shape index (κ3) is 17.5. The maximum Gasteiger partial charge on any atom is 0.219 e. The zero-order valence-corrected chi connectivity index (χ0v) is 16.3. The molecule has 0 aromatic heterocycles. The van der Waals surface area contributed by atoms with Crippen molar-refractivity contribution in [3.63, 3.8) is 0 Å². The third-order valence-electron chi connectivity index (χ3n) is 4.23. The minimum absolute atomic E-state index is 0.195. The molecule has 142 valence electrons. The first kappa shape index (κ1) is 23.1. The number of carbonyl (C=O) groups is 2. The number of hydrogen-bond acceptors (Lipinski definition) is 3. The molecule has 0 bridgehead atoms. The van der Waals surface area contributed by atoms with E-state index in [4.69, 9.17) is 0 Å². The van der Waals surface area contributed by atoms with Gasteiger partial charge in [-0.25, -0.2) is 0 Å². The van der Waals surface area contributed by atoms with Gasteiger partial charge in [0.25, 0.3) is 0 Å². The van der Waals surface area contributed by atoms with Gasteiger partial charge in [-0.2, -0.15) is 0 Å². The lowest BCUT2D eigenvalue weighted by Crippen LogP contribution is -2.25. The quantitative estimate of drug-likeness (QED) is 0.387. The van der Waals surface area contributed by atoms with Crippen LogP contribution in [-0.2, 0) is 9.59 Å². The van der Waals surface area contributed by atoms with E-state index in [2.05, 4.69) is 24.5 Å². The maximum absolute atomic E-state index is 11.7. The number of rotatable bonds is 17. The minimum atomic E-state index is 0.195. The zero-order valence-electron chi connectivity index (χ0n) is 16.3. The zero-order chi connectivity index (χ0) is 18.0. The summed E-state index contributed by atoms with van der Waals surface area (Å²) in [6, 6.07) is 0.526. The molecular formula is C20H40N2O2.